The molecule has 40 heavy (non-hydrogen) atoms. The van der Waals surface area contributed by atoms with Gasteiger partial charge in [0, 0.05) is 11.6 Å². The Hall–Kier alpha value is -4.03. The van der Waals surface area contributed by atoms with Gasteiger partial charge in [0.25, 0.3) is 5.91 Å². The van der Waals surface area contributed by atoms with Crippen LogP contribution in [0.5, 0.6) is 0 Å². The Morgan fingerprint density at radius 1 is 1.18 bits per heavy atom. The fourth-order valence-corrected chi connectivity index (χ4v) is 4.74. The van der Waals surface area contributed by atoms with Crippen molar-refractivity contribution in [3.8, 4) is 12.3 Å². The van der Waals surface area contributed by atoms with Gasteiger partial charge >= 0.3 is 6.09 Å². The van der Waals surface area contributed by atoms with Crippen LogP contribution in [-0.4, -0.2) is 46.4 Å². The van der Waals surface area contributed by atoms with Gasteiger partial charge in [0.1, 0.15) is 17.7 Å². The number of hydrogen-bond donors (Lipinski definition) is 3. The van der Waals surface area contributed by atoms with Gasteiger partial charge in [0.2, 0.25) is 11.8 Å². The predicted octanol–water partition coefficient (Wildman–Crippen LogP) is 4.32. The molecule has 1 aliphatic rings. The van der Waals surface area contributed by atoms with Crippen LogP contribution in [0.2, 0.25) is 5.02 Å². The molecule has 3 rings (SSSR count). The topological polar surface area (TPSA) is 131 Å². The lowest BCUT2D eigenvalue weighted by Crippen LogP contribution is -2.54. The van der Waals surface area contributed by atoms with E-state index in [1.165, 1.54) is 4.90 Å². The van der Waals surface area contributed by atoms with Crippen LogP contribution in [0.1, 0.15) is 63.3 Å². The summed E-state index contributed by atoms with van der Waals surface area (Å²) in [7, 11) is 0. The molecule has 4 N–H and O–H groups in total. The molecule has 0 saturated heterocycles. The summed E-state index contributed by atoms with van der Waals surface area (Å²) in [5, 5.41) is 5.68. The van der Waals surface area contributed by atoms with E-state index in [4.69, 9.17) is 28.5 Å². The van der Waals surface area contributed by atoms with Crippen LogP contribution >= 0.6 is 11.6 Å². The van der Waals surface area contributed by atoms with Crippen molar-refractivity contribution < 1.29 is 23.9 Å². The SMILES string of the molecule is C#Cc1ccccc1C(C(=O)Nc1c(C)cccc1Cl)N(C(=O)C(CC(N)=O)NC(=O)OC(C)(C)C)C1CC1C. The third-order valence-electron chi connectivity index (χ3n) is 6.48. The molecule has 0 aliphatic heterocycles. The molecule has 4 unspecified atom stereocenters. The first kappa shape index (κ1) is 30.5. The predicted molar refractivity (Wildman–Crippen MR) is 153 cm³/mol. The summed E-state index contributed by atoms with van der Waals surface area (Å²) in [5.74, 6) is 0.615. The molecule has 0 bridgehead atoms. The molecule has 1 fully saturated rings. The quantitative estimate of drug-likeness (QED) is 0.389. The summed E-state index contributed by atoms with van der Waals surface area (Å²) in [6, 6.07) is 9.06. The summed E-state index contributed by atoms with van der Waals surface area (Å²) < 4.78 is 5.32. The number of rotatable bonds is 9. The van der Waals surface area contributed by atoms with Crippen LogP contribution in [0.3, 0.4) is 0 Å². The Bertz CT molecular complexity index is 1330. The molecule has 9 nitrogen and oxygen atoms in total. The number of carbonyl (C=O) groups is 4. The molecular formula is C30H35ClN4O5. The first-order valence-electron chi connectivity index (χ1n) is 12.9. The Morgan fingerprint density at radius 2 is 1.82 bits per heavy atom. The fraction of sp³-hybridized carbons (Fsp3) is 0.400. The van der Waals surface area contributed by atoms with Gasteiger partial charge in [-0.2, -0.15) is 0 Å². The van der Waals surface area contributed by atoms with Crippen molar-refractivity contribution in [1.82, 2.24) is 10.2 Å². The Balaban J connectivity index is 2.11. The number of carbonyl (C=O) groups excluding carboxylic acids is 4. The summed E-state index contributed by atoms with van der Waals surface area (Å²) in [5.41, 5.74) is 6.55. The van der Waals surface area contributed by atoms with E-state index in [0.717, 1.165) is 5.56 Å². The minimum atomic E-state index is -1.38. The zero-order chi connectivity index (χ0) is 29.8. The van der Waals surface area contributed by atoms with Gasteiger partial charge in [-0.3, -0.25) is 14.4 Å². The Labute approximate surface area is 239 Å². The van der Waals surface area contributed by atoms with Gasteiger partial charge in [0.15, 0.2) is 0 Å². The lowest BCUT2D eigenvalue weighted by atomic mass is 9.96. The molecule has 0 radical (unpaired) electrons. The van der Waals surface area contributed by atoms with Crippen LogP contribution in [0.4, 0.5) is 10.5 Å². The largest absolute Gasteiger partial charge is 0.444 e. The number of amides is 4. The number of terminal acetylenes is 1. The molecule has 4 amide bonds. The number of para-hydroxylation sites is 1. The van der Waals surface area contributed by atoms with Crippen molar-refractivity contribution in [3.63, 3.8) is 0 Å². The summed E-state index contributed by atoms with van der Waals surface area (Å²) in [6.45, 7) is 8.75. The monoisotopic (exact) mass is 566 g/mol. The van der Waals surface area contributed by atoms with Gasteiger partial charge in [-0.05, 0) is 63.3 Å². The van der Waals surface area contributed by atoms with Crippen molar-refractivity contribution in [2.24, 2.45) is 11.7 Å². The van der Waals surface area contributed by atoms with Crippen LogP contribution in [0, 0.1) is 25.2 Å². The second kappa shape index (κ2) is 12.4. The molecule has 212 valence electrons. The third-order valence-corrected chi connectivity index (χ3v) is 6.80. The Kier molecular flexibility index (Phi) is 9.48. The molecule has 10 heteroatoms. The highest BCUT2D eigenvalue weighted by Gasteiger charge is 2.49. The van der Waals surface area contributed by atoms with Crippen LogP contribution < -0.4 is 16.4 Å². The number of nitrogens with one attached hydrogen (secondary N) is 2. The average Bonchev–Trinajstić information content (AvgIpc) is 3.58. The van der Waals surface area contributed by atoms with Crippen molar-refractivity contribution >= 4 is 41.1 Å². The van der Waals surface area contributed by atoms with Crippen molar-refractivity contribution in [2.45, 2.75) is 71.2 Å². The second-order valence-electron chi connectivity index (χ2n) is 11.0. The number of anilines is 1. The summed E-state index contributed by atoms with van der Waals surface area (Å²) in [6.07, 6.45) is 5.01. The lowest BCUT2D eigenvalue weighted by molar-refractivity contribution is -0.142. The molecule has 2 aromatic rings. The molecular weight excluding hydrogens is 532 g/mol. The number of nitrogens with zero attached hydrogens (tertiary/aromatic N) is 1. The molecule has 0 heterocycles. The number of benzene rings is 2. The molecule has 2 aromatic carbocycles. The number of halogens is 1. The van der Waals surface area contributed by atoms with Crippen LogP contribution in [-0.2, 0) is 19.1 Å². The van der Waals surface area contributed by atoms with E-state index in [2.05, 4.69) is 16.6 Å². The van der Waals surface area contributed by atoms with E-state index in [9.17, 15) is 19.2 Å². The van der Waals surface area contributed by atoms with E-state index in [0.29, 0.717) is 28.3 Å². The number of nitrogens with two attached hydrogens (primary N) is 1. The van der Waals surface area contributed by atoms with Gasteiger partial charge in [-0.1, -0.05) is 54.8 Å². The average molecular weight is 567 g/mol. The molecule has 1 saturated carbocycles. The minimum Gasteiger partial charge on any atom is -0.444 e. The Morgan fingerprint density at radius 3 is 2.38 bits per heavy atom. The third kappa shape index (κ3) is 7.54. The minimum absolute atomic E-state index is 0.0510. The number of aryl methyl sites for hydroxylation is 1. The van der Waals surface area contributed by atoms with Crippen LogP contribution in [0.25, 0.3) is 0 Å². The maximum Gasteiger partial charge on any atom is 0.408 e. The standard InChI is InChI=1S/C30H35ClN4O5/c1-7-19-12-8-9-13-20(19)26(27(37)34-25-17(2)11-10-14-21(25)31)35(23-15-18(23)3)28(38)22(16-24(32)36)33-29(39)40-30(4,5)6/h1,8-14,18,22-23,26H,15-16H2,2-6H3,(H2,32,36)(H,33,39)(H,34,37). The molecule has 0 spiro atoms. The smallest absolute Gasteiger partial charge is 0.408 e. The highest BCUT2D eigenvalue weighted by atomic mass is 35.5. The molecule has 1 aliphatic carbocycles. The van der Waals surface area contributed by atoms with Crippen molar-refractivity contribution in [3.05, 3.63) is 64.2 Å². The maximum atomic E-state index is 14.2. The summed E-state index contributed by atoms with van der Waals surface area (Å²) >= 11 is 6.40. The van der Waals surface area contributed by atoms with Crippen molar-refractivity contribution in [1.29, 1.82) is 0 Å². The molecule has 4 atom stereocenters. The van der Waals surface area contributed by atoms with Crippen molar-refractivity contribution in [2.75, 3.05) is 5.32 Å². The van der Waals surface area contributed by atoms with E-state index in [1.807, 2.05) is 6.92 Å². The zero-order valence-corrected chi connectivity index (χ0v) is 24.0. The number of hydrogen-bond acceptors (Lipinski definition) is 5. The maximum absolute atomic E-state index is 14.2. The first-order chi connectivity index (χ1) is 18.7. The van der Waals surface area contributed by atoms with Gasteiger partial charge in [0.05, 0.1) is 17.1 Å². The van der Waals surface area contributed by atoms with E-state index >= 15 is 0 Å². The van der Waals surface area contributed by atoms with E-state index in [1.54, 1.807) is 70.2 Å². The normalized spacial score (nSPS) is 17.5. The lowest BCUT2D eigenvalue weighted by Gasteiger charge is -2.35. The first-order valence-corrected chi connectivity index (χ1v) is 13.3. The van der Waals surface area contributed by atoms with Crippen LogP contribution in [0.15, 0.2) is 42.5 Å². The van der Waals surface area contributed by atoms with E-state index < -0.39 is 47.9 Å². The zero-order valence-electron chi connectivity index (χ0n) is 23.3. The van der Waals surface area contributed by atoms with Gasteiger partial charge in [-0.25, -0.2) is 4.79 Å². The highest BCUT2D eigenvalue weighted by molar-refractivity contribution is 6.34. The van der Waals surface area contributed by atoms with Gasteiger partial charge < -0.3 is 26.0 Å². The number of alkyl carbamates (subject to hydrolysis) is 1. The highest BCUT2D eigenvalue weighted by Crippen LogP contribution is 2.42. The number of primary amides is 1. The number of ether oxygens (including phenoxy) is 1. The fourth-order valence-electron chi connectivity index (χ4n) is 4.47. The van der Waals surface area contributed by atoms with Gasteiger partial charge in [-0.15, -0.1) is 6.42 Å². The summed E-state index contributed by atoms with van der Waals surface area (Å²) in [4.78, 5) is 54.3. The second-order valence-corrected chi connectivity index (χ2v) is 11.4. The molecule has 0 aromatic heterocycles. The van der Waals surface area contributed by atoms with E-state index in [-0.39, 0.29) is 12.0 Å².